The molecule has 8 nitrogen and oxygen atoms in total. The summed E-state index contributed by atoms with van der Waals surface area (Å²) in [6, 6.07) is 5.38. The molecular weight excluding hydrogens is 334 g/mol. The number of aryl methyl sites for hydroxylation is 2. The van der Waals surface area contributed by atoms with Crippen molar-refractivity contribution >= 4 is 11.7 Å². The molecule has 2 N–H and O–H groups in total. The molecule has 0 saturated carbocycles. The first-order valence-electron chi connectivity index (χ1n) is 8.56. The van der Waals surface area contributed by atoms with Crippen LogP contribution in [0.1, 0.15) is 11.1 Å². The molecule has 0 radical (unpaired) electrons. The minimum absolute atomic E-state index is 0.0232. The Labute approximate surface area is 150 Å². The molecule has 8 heteroatoms. The number of hydrogen-bond donors (Lipinski definition) is 2. The van der Waals surface area contributed by atoms with Crippen molar-refractivity contribution in [1.29, 1.82) is 0 Å². The number of aromatic hydroxyl groups is 1. The highest BCUT2D eigenvalue weighted by atomic mass is 16.5. The summed E-state index contributed by atoms with van der Waals surface area (Å²) in [5.74, 6) is 1.16. The number of anilines is 1. The normalized spacial score (nSPS) is 17.8. The van der Waals surface area contributed by atoms with Crippen LogP contribution >= 0.6 is 0 Å². The molecule has 1 fully saturated rings. The largest absolute Gasteiger partial charge is 0.507 e. The molecule has 1 aliphatic rings. The topological polar surface area (TPSA) is 96.0 Å². The molecule has 1 aromatic carbocycles. The molecule has 4 rings (SSSR count). The average Bonchev–Trinajstić information content (AvgIpc) is 3.04. The van der Waals surface area contributed by atoms with Gasteiger partial charge in [-0.1, -0.05) is 6.07 Å². The number of phenols is 1. The van der Waals surface area contributed by atoms with Crippen molar-refractivity contribution in [1.82, 2.24) is 19.6 Å². The van der Waals surface area contributed by atoms with Crippen LogP contribution in [0.4, 0.5) is 5.95 Å². The van der Waals surface area contributed by atoms with Crippen LogP contribution in [-0.2, 0) is 4.74 Å². The lowest BCUT2D eigenvalue weighted by Crippen LogP contribution is -2.48. The summed E-state index contributed by atoms with van der Waals surface area (Å²) >= 11 is 0. The summed E-state index contributed by atoms with van der Waals surface area (Å²) < 4.78 is 7.00. The minimum atomic E-state index is -0.163. The highest BCUT2D eigenvalue weighted by Gasteiger charge is 2.26. The Morgan fingerprint density at radius 1 is 1.27 bits per heavy atom. The van der Waals surface area contributed by atoms with Crippen molar-refractivity contribution in [3.05, 3.63) is 35.5 Å². The van der Waals surface area contributed by atoms with Crippen LogP contribution in [0.3, 0.4) is 0 Å². The monoisotopic (exact) mass is 355 g/mol. The van der Waals surface area contributed by atoms with Gasteiger partial charge in [0.25, 0.3) is 5.78 Å². The molecule has 1 saturated heterocycles. The molecule has 3 aromatic rings. The average molecular weight is 355 g/mol. The Balaban J connectivity index is 1.75. The number of hydrogen-bond acceptors (Lipinski definition) is 7. The van der Waals surface area contributed by atoms with Gasteiger partial charge in [-0.25, -0.2) is 9.50 Å². The fourth-order valence-corrected chi connectivity index (χ4v) is 3.38. The van der Waals surface area contributed by atoms with Gasteiger partial charge >= 0.3 is 0 Å². The number of phenolic OH excluding ortho intramolecular Hbond substituents is 1. The third-order valence-corrected chi connectivity index (χ3v) is 4.61. The summed E-state index contributed by atoms with van der Waals surface area (Å²) in [7, 11) is 0. The first-order chi connectivity index (χ1) is 12.6. The van der Waals surface area contributed by atoms with E-state index < -0.39 is 0 Å². The summed E-state index contributed by atoms with van der Waals surface area (Å²) in [5.41, 5.74) is 3.29. The molecule has 26 heavy (non-hydrogen) atoms. The van der Waals surface area contributed by atoms with Gasteiger partial charge in [0.05, 0.1) is 31.6 Å². The highest BCUT2D eigenvalue weighted by Crippen LogP contribution is 2.32. The fourth-order valence-electron chi connectivity index (χ4n) is 3.38. The van der Waals surface area contributed by atoms with Gasteiger partial charge in [-0.2, -0.15) is 4.98 Å². The second-order valence-electron chi connectivity index (χ2n) is 6.55. The van der Waals surface area contributed by atoms with E-state index >= 15 is 0 Å². The molecule has 1 atom stereocenters. The number of fused-ring (bicyclic) bond motifs is 1. The Morgan fingerprint density at radius 3 is 2.88 bits per heavy atom. The van der Waals surface area contributed by atoms with Gasteiger partial charge in [-0.05, 0) is 37.1 Å². The van der Waals surface area contributed by atoms with Gasteiger partial charge < -0.3 is 19.8 Å². The van der Waals surface area contributed by atoms with E-state index in [0.29, 0.717) is 42.7 Å². The summed E-state index contributed by atoms with van der Waals surface area (Å²) in [4.78, 5) is 11.0. The summed E-state index contributed by atoms with van der Waals surface area (Å²) in [5, 5.41) is 24.4. The number of ether oxygens (including phenoxy) is 1. The second-order valence-corrected chi connectivity index (χ2v) is 6.55. The van der Waals surface area contributed by atoms with Crippen LogP contribution in [-0.4, -0.2) is 62.2 Å². The van der Waals surface area contributed by atoms with Crippen molar-refractivity contribution < 1.29 is 14.9 Å². The maximum Gasteiger partial charge on any atom is 0.254 e. The van der Waals surface area contributed by atoms with Crippen LogP contribution in [0.25, 0.3) is 17.0 Å². The van der Waals surface area contributed by atoms with Crippen LogP contribution in [0.2, 0.25) is 0 Å². The smallest absolute Gasteiger partial charge is 0.254 e. The zero-order valence-electron chi connectivity index (χ0n) is 14.8. The first kappa shape index (κ1) is 16.7. The lowest BCUT2D eigenvalue weighted by atomic mass is 10.0. The Bertz CT molecular complexity index is 932. The van der Waals surface area contributed by atoms with Crippen molar-refractivity contribution in [2.24, 2.45) is 0 Å². The zero-order chi connectivity index (χ0) is 18.3. The number of rotatable bonds is 3. The van der Waals surface area contributed by atoms with E-state index in [9.17, 15) is 10.2 Å². The van der Waals surface area contributed by atoms with E-state index in [0.717, 1.165) is 11.1 Å². The number of aliphatic hydroxyl groups is 1. The molecule has 1 aliphatic heterocycles. The predicted molar refractivity (Wildman–Crippen MR) is 96.4 cm³/mol. The first-order valence-corrected chi connectivity index (χ1v) is 8.56. The maximum atomic E-state index is 10.3. The third-order valence-electron chi connectivity index (χ3n) is 4.61. The van der Waals surface area contributed by atoms with Crippen LogP contribution in [0, 0.1) is 13.8 Å². The van der Waals surface area contributed by atoms with Gasteiger partial charge in [-0.3, -0.25) is 0 Å². The van der Waals surface area contributed by atoms with Crippen LogP contribution in [0.5, 0.6) is 5.75 Å². The Hall–Kier alpha value is -2.71. The lowest BCUT2D eigenvalue weighted by molar-refractivity contribution is 0.0718. The fraction of sp³-hybridized carbons (Fsp3) is 0.389. The van der Waals surface area contributed by atoms with Gasteiger partial charge in [0.2, 0.25) is 5.95 Å². The van der Waals surface area contributed by atoms with E-state index in [1.807, 2.05) is 30.9 Å². The Morgan fingerprint density at radius 2 is 2.12 bits per heavy atom. The van der Waals surface area contributed by atoms with Crippen molar-refractivity contribution in [2.75, 3.05) is 31.3 Å². The van der Waals surface area contributed by atoms with Crippen molar-refractivity contribution in [3.63, 3.8) is 0 Å². The number of morpholine rings is 1. The molecular formula is C18H21N5O3. The standard InChI is InChI=1S/C18H21N5O3/c1-11-7-12(2)16(15(25)8-11)14-3-4-23-17(19-14)20-18(21-23)22-5-6-26-10-13(22)9-24/h3-4,7-8,13,24-25H,5-6,9-10H2,1-2H3/t13-/m1/s1. The van der Waals surface area contributed by atoms with Gasteiger partial charge in [0.15, 0.2) is 0 Å². The SMILES string of the molecule is Cc1cc(C)c(-c2ccn3nc(N4CCOC[C@H]4CO)nc3n2)c(O)c1. The minimum Gasteiger partial charge on any atom is -0.507 e. The van der Waals surface area contributed by atoms with Crippen LogP contribution in [0.15, 0.2) is 24.4 Å². The lowest BCUT2D eigenvalue weighted by Gasteiger charge is -2.33. The molecule has 2 aromatic heterocycles. The quantitative estimate of drug-likeness (QED) is 0.731. The number of aliphatic hydroxyl groups excluding tert-OH is 1. The van der Waals surface area contributed by atoms with Gasteiger partial charge in [0, 0.05) is 18.3 Å². The van der Waals surface area contributed by atoms with E-state index in [-0.39, 0.29) is 18.4 Å². The van der Waals surface area contributed by atoms with Gasteiger partial charge in [0.1, 0.15) is 5.75 Å². The Kier molecular flexibility index (Phi) is 4.21. The molecule has 0 bridgehead atoms. The predicted octanol–water partition coefficient (Wildman–Crippen LogP) is 1.31. The number of benzene rings is 1. The second kappa shape index (κ2) is 6.54. The molecule has 0 spiro atoms. The van der Waals surface area contributed by atoms with E-state index in [1.54, 1.807) is 16.8 Å². The molecule has 136 valence electrons. The zero-order valence-corrected chi connectivity index (χ0v) is 14.8. The van der Waals surface area contributed by atoms with Crippen molar-refractivity contribution in [2.45, 2.75) is 19.9 Å². The molecule has 0 amide bonds. The number of nitrogens with zero attached hydrogens (tertiary/aromatic N) is 5. The molecule has 0 unspecified atom stereocenters. The summed E-state index contributed by atoms with van der Waals surface area (Å²) in [6.07, 6.45) is 1.78. The maximum absolute atomic E-state index is 10.3. The molecule has 0 aliphatic carbocycles. The number of aromatic nitrogens is 4. The third kappa shape index (κ3) is 2.87. The summed E-state index contributed by atoms with van der Waals surface area (Å²) in [6.45, 7) is 5.50. The van der Waals surface area contributed by atoms with E-state index in [1.165, 1.54) is 0 Å². The van der Waals surface area contributed by atoms with Gasteiger partial charge in [-0.15, -0.1) is 5.10 Å². The van der Waals surface area contributed by atoms with Crippen molar-refractivity contribution in [3.8, 4) is 17.0 Å². The highest BCUT2D eigenvalue weighted by molar-refractivity contribution is 5.72. The van der Waals surface area contributed by atoms with E-state index in [2.05, 4.69) is 15.1 Å². The molecule has 3 heterocycles. The van der Waals surface area contributed by atoms with E-state index in [4.69, 9.17) is 4.74 Å². The van der Waals surface area contributed by atoms with Crippen LogP contribution < -0.4 is 4.90 Å².